The van der Waals surface area contributed by atoms with E-state index in [4.69, 9.17) is 4.74 Å². The number of hydrogen-bond donors (Lipinski definition) is 1. The van der Waals surface area contributed by atoms with Gasteiger partial charge in [-0.25, -0.2) is 0 Å². The van der Waals surface area contributed by atoms with Crippen LogP contribution in [0.2, 0.25) is 0 Å². The van der Waals surface area contributed by atoms with Crippen molar-refractivity contribution in [3.05, 3.63) is 0 Å². The van der Waals surface area contributed by atoms with Crippen LogP contribution in [0, 0.1) is 11.8 Å². The molecule has 16 heavy (non-hydrogen) atoms. The van der Waals surface area contributed by atoms with Gasteiger partial charge in [-0.05, 0) is 18.8 Å². The van der Waals surface area contributed by atoms with Crippen molar-refractivity contribution in [3.63, 3.8) is 0 Å². The minimum atomic E-state index is -2.92. The molecule has 0 bridgehead atoms. The molecule has 0 heterocycles. The Hall–Kier alpha value is -1.15. The predicted octanol–water partition coefficient (Wildman–Crippen LogP) is 1.33. The highest BCUT2D eigenvalue weighted by Crippen LogP contribution is 2.24. The lowest BCUT2D eigenvalue weighted by atomic mass is 10.0. The maximum absolute atomic E-state index is 13.0. The average molecular weight is 231 g/mol. The Kier molecular flexibility index (Phi) is 4.69. The lowest BCUT2D eigenvalue weighted by molar-refractivity contribution is -0.127. The van der Waals surface area contributed by atoms with E-state index in [-0.39, 0.29) is 31.5 Å². The monoisotopic (exact) mass is 231 g/mol. The van der Waals surface area contributed by atoms with Crippen LogP contribution in [0.4, 0.5) is 8.78 Å². The highest BCUT2D eigenvalue weighted by Gasteiger charge is 2.28. The van der Waals surface area contributed by atoms with E-state index in [1.165, 1.54) is 7.05 Å². The van der Waals surface area contributed by atoms with E-state index in [1.807, 2.05) is 5.92 Å². The van der Waals surface area contributed by atoms with E-state index in [1.54, 1.807) is 0 Å². The van der Waals surface area contributed by atoms with Gasteiger partial charge in [0.05, 0.1) is 6.10 Å². The van der Waals surface area contributed by atoms with Gasteiger partial charge in [0.1, 0.15) is 6.61 Å². The molecule has 0 aromatic rings. The molecule has 5 heteroatoms. The Balaban J connectivity index is 2.41. The average Bonchev–Trinajstić information content (AvgIpc) is 2.23. The number of ether oxygens (including phenoxy) is 1. The fraction of sp³-hybridized carbons (Fsp3) is 0.727. The van der Waals surface area contributed by atoms with Crippen LogP contribution in [0.15, 0.2) is 0 Å². The number of carbonyl (C=O) groups excluding carboxylic acids is 1. The summed E-state index contributed by atoms with van der Waals surface area (Å²) in [4.78, 5) is 10.9. The Labute approximate surface area is 93.5 Å². The third kappa shape index (κ3) is 4.58. The van der Waals surface area contributed by atoms with Crippen molar-refractivity contribution in [1.29, 1.82) is 0 Å². The number of halogens is 2. The van der Waals surface area contributed by atoms with Crippen molar-refractivity contribution in [1.82, 2.24) is 5.32 Å². The van der Waals surface area contributed by atoms with Crippen LogP contribution in [0.5, 0.6) is 0 Å². The topological polar surface area (TPSA) is 38.3 Å². The van der Waals surface area contributed by atoms with Gasteiger partial charge in [-0.3, -0.25) is 4.79 Å². The summed E-state index contributed by atoms with van der Waals surface area (Å²) < 4.78 is 31.2. The largest absolute Gasteiger partial charge is 0.368 e. The van der Waals surface area contributed by atoms with E-state index in [9.17, 15) is 13.6 Å². The van der Waals surface area contributed by atoms with Crippen molar-refractivity contribution < 1.29 is 18.3 Å². The van der Waals surface area contributed by atoms with Gasteiger partial charge >= 0.3 is 5.92 Å². The molecule has 90 valence electrons. The molecule has 0 aliphatic heterocycles. The van der Waals surface area contributed by atoms with E-state index in [0.29, 0.717) is 12.8 Å². The second-order valence-electron chi connectivity index (χ2n) is 3.69. The zero-order valence-electron chi connectivity index (χ0n) is 9.19. The summed E-state index contributed by atoms with van der Waals surface area (Å²) in [7, 11) is 1.50. The number of likely N-dealkylation sites (N-methyl/N-ethyl adjacent to an activating group) is 1. The van der Waals surface area contributed by atoms with Crippen molar-refractivity contribution in [2.45, 2.75) is 37.7 Å². The first-order valence-electron chi connectivity index (χ1n) is 5.23. The minimum absolute atomic E-state index is 0.0832. The van der Waals surface area contributed by atoms with Gasteiger partial charge in [0.15, 0.2) is 0 Å². The molecular formula is C11H15F2NO2. The Morgan fingerprint density at radius 3 is 3.00 bits per heavy atom. The van der Waals surface area contributed by atoms with Crippen LogP contribution in [0.25, 0.3) is 0 Å². The van der Waals surface area contributed by atoms with Crippen molar-refractivity contribution in [2.75, 3.05) is 13.7 Å². The maximum atomic E-state index is 13.0. The van der Waals surface area contributed by atoms with Gasteiger partial charge in [-0.2, -0.15) is 8.78 Å². The van der Waals surface area contributed by atoms with Gasteiger partial charge in [-0.1, -0.05) is 5.92 Å². The van der Waals surface area contributed by atoms with E-state index >= 15 is 0 Å². The molecule has 1 aliphatic carbocycles. The summed E-state index contributed by atoms with van der Waals surface area (Å²) in [6, 6.07) is 0. The number of alkyl halides is 2. The van der Waals surface area contributed by atoms with Gasteiger partial charge < -0.3 is 10.1 Å². The van der Waals surface area contributed by atoms with Crippen molar-refractivity contribution >= 4 is 5.91 Å². The zero-order chi connectivity index (χ0) is 12.0. The predicted molar refractivity (Wildman–Crippen MR) is 55.0 cm³/mol. The number of nitrogens with one attached hydrogen (secondary N) is 1. The molecule has 0 fully saturated rings. The Bertz CT molecular complexity index is 307. The minimum Gasteiger partial charge on any atom is -0.368 e. The summed E-state index contributed by atoms with van der Waals surface area (Å²) >= 11 is 0. The van der Waals surface area contributed by atoms with Crippen LogP contribution >= 0.6 is 0 Å². The van der Waals surface area contributed by atoms with Crippen LogP contribution in [-0.4, -0.2) is 31.6 Å². The normalized spacial score (nSPS) is 23.6. The number of carbonyl (C=O) groups is 1. The molecule has 0 aromatic heterocycles. The molecule has 0 saturated carbocycles. The Morgan fingerprint density at radius 1 is 1.56 bits per heavy atom. The SMILES string of the molecule is CNC(=O)COC1CCC#CC(F)(F)CC1. The van der Waals surface area contributed by atoms with Crippen LogP contribution < -0.4 is 5.32 Å². The molecule has 0 radical (unpaired) electrons. The first kappa shape index (κ1) is 12.9. The Morgan fingerprint density at radius 2 is 2.31 bits per heavy atom. The summed E-state index contributed by atoms with van der Waals surface area (Å²) in [6.45, 7) is -0.0832. The van der Waals surface area contributed by atoms with Crippen LogP contribution in [0.3, 0.4) is 0 Å². The second-order valence-corrected chi connectivity index (χ2v) is 3.69. The number of amides is 1. The van der Waals surface area contributed by atoms with Gasteiger partial charge in [0.2, 0.25) is 5.91 Å². The lowest BCUT2D eigenvalue weighted by Crippen LogP contribution is -2.28. The molecule has 1 atom stereocenters. The van der Waals surface area contributed by atoms with Crippen molar-refractivity contribution in [3.8, 4) is 11.8 Å². The molecule has 0 aromatic carbocycles. The summed E-state index contributed by atoms with van der Waals surface area (Å²) in [6.07, 6.45) is 0.600. The van der Waals surface area contributed by atoms with E-state index in [0.717, 1.165) is 0 Å². The molecule has 1 unspecified atom stereocenters. The molecule has 0 saturated heterocycles. The highest BCUT2D eigenvalue weighted by atomic mass is 19.3. The number of rotatable bonds is 3. The van der Waals surface area contributed by atoms with E-state index in [2.05, 4.69) is 11.2 Å². The third-order valence-electron chi connectivity index (χ3n) is 2.37. The lowest BCUT2D eigenvalue weighted by Gasteiger charge is -2.20. The first-order valence-corrected chi connectivity index (χ1v) is 5.23. The van der Waals surface area contributed by atoms with Crippen LogP contribution in [-0.2, 0) is 9.53 Å². The highest BCUT2D eigenvalue weighted by molar-refractivity contribution is 5.76. The van der Waals surface area contributed by atoms with Gasteiger partial charge in [0.25, 0.3) is 0 Å². The van der Waals surface area contributed by atoms with Crippen molar-refractivity contribution in [2.24, 2.45) is 0 Å². The molecule has 1 N–H and O–H groups in total. The summed E-state index contributed by atoms with van der Waals surface area (Å²) in [5.41, 5.74) is 0. The third-order valence-corrected chi connectivity index (χ3v) is 2.37. The standard InChI is InChI=1S/C11H15F2NO2/c1-14-10(15)8-16-9-4-2-3-6-11(12,13)7-5-9/h9H,2,4-5,7-8H2,1H3,(H,14,15). The number of hydrogen-bond acceptors (Lipinski definition) is 2. The molecule has 1 amide bonds. The quantitative estimate of drug-likeness (QED) is 0.744. The molecule has 1 rings (SSSR count). The first-order chi connectivity index (χ1) is 7.53. The zero-order valence-corrected chi connectivity index (χ0v) is 9.19. The second kappa shape index (κ2) is 5.80. The van der Waals surface area contributed by atoms with Crippen LogP contribution in [0.1, 0.15) is 25.7 Å². The van der Waals surface area contributed by atoms with E-state index < -0.39 is 5.92 Å². The fourth-order valence-corrected chi connectivity index (χ4v) is 1.41. The molecule has 3 nitrogen and oxygen atoms in total. The fourth-order valence-electron chi connectivity index (χ4n) is 1.41. The van der Waals surface area contributed by atoms with Gasteiger partial charge in [-0.15, -0.1) is 0 Å². The summed E-state index contributed by atoms with van der Waals surface area (Å²) in [5, 5.41) is 2.41. The molecular weight excluding hydrogens is 216 g/mol. The maximum Gasteiger partial charge on any atom is 0.308 e. The summed E-state index contributed by atoms with van der Waals surface area (Å²) in [5.74, 6) is 1.20. The molecule has 1 aliphatic rings. The van der Waals surface area contributed by atoms with Gasteiger partial charge in [0, 0.05) is 19.9 Å². The smallest absolute Gasteiger partial charge is 0.308 e. The molecule has 0 spiro atoms.